The topological polar surface area (TPSA) is 104 Å². The molecule has 204 valence electrons. The molecule has 0 fully saturated rings. The smallest absolute Gasteiger partial charge is 0.449 e. The number of alkyl halides is 3. The zero-order valence-electron chi connectivity index (χ0n) is 21.0. The molecule has 0 radical (unpaired) electrons. The van der Waals surface area contributed by atoms with E-state index in [2.05, 4.69) is 5.32 Å². The number of esters is 1. The first-order valence-electron chi connectivity index (χ1n) is 11.4. The van der Waals surface area contributed by atoms with Gasteiger partial charge < -0.3 is 23.9 Å². The van der Waals surface area contributed by atoms with Gasteiger partial charge in [0.05, 0.1) is 5.39 Å². The number of halogens is 3. The average molecular weight is 554 g/mol. The normalized spacial score (nSPS) is 12.6. The largest absolute Gasteiger partial charge is 0.453 e. The maximum atomic E-state index is 13.8. The predicted octanol–water partition coefficient (Wildman–Crippen LogP) is 6.16. The number of carbonyl (C=O) groups excluding carboxylic acids is 2. The highest BCUT2D eigenvalue weighted by atomic mass is 32.2. The Morgan fingerprint density at radius 3 is 2.34 bits per heavy atom. The van der Waals surface area contributed by atoms with Gasteiger partial charge in [0.1, 0.15) is 28.7 Å². The van der Waals surface area contributed by atoms with Crippen molar-refractivity contribution in [3.63, 3.8) is 0 Å². The van der Waals surface area contributed by atoms with Crippen molar-refractivity contribution in [1.29, 1.82) is 0 Å². The SMILES string of the molecule is CSCCC(NC(=O)OC(C)(C)C)C(=O)Oc1ccc2c(=O)c(Oc3ccccc3)c(C(F)(F)F)oc2c1. The molecule has 3 rings (SSSR count). The lowest BCUT2D eigenvalue weighted by atomic mass is 10.2. The van der Waals surface area contributed by atoms with Gasteiger partial charge in [0.25, 0.3) is 5.76 Å². The van der Waals surface area contributed by atoms with E-state index in [1.165, 1.54) is 48.2 Å². The molecule has 1 N–H and O–H groups in total. The number of alkyl carbamates (subject to hydrolysis) is 1. The van der Waals surface area contributed by atoms with Gasteiger partial charge in [0, 0.05) is 6.07 Å². The summed E-state index contributed by atoms with van der Waals surface area (Å²) >= 11 is 1.44. The number of nitrogens with one attached hydrogen (secondary N) is 1. The number of hydrogen-bond acceptors (Lipinski definition) is 8. The van der Waals surface area contributed by atoms with Crippen LogP contribution < -0.4 is 20.2 Å². The Morgan fingerprint density at radius 1 is 1.05 bits per heavy atom. The summed E-state index contributed by atoms with van der Waals surface area (Å²) in [5, 5.41) is 2.23. The lowest BCUT2D eigenvalue weighted by Crippen LogP contribution is -2.45. The van der Waals surface area contributed by atoms with Gasteiger partial charge in [-0.1, -0.05) is 18.2 Å². The third kappa shape index (κ3) is 7.67. The summed E-state index contributed by atoms with van der Waals surface area (Å²) < 4.78 is 62.1. The molecule has 12 heteroatoms. The summed E-state index contributed by atoms with van der Waals surface area (Å²) in [4.78, 5) is 37.9. The number of carbonyl (C=O) groups is 2. The van der Waals surface area contributed by atoms with Gasteiger partial charge in [-0.05, 0) is 63.5 Å². The fourth-order valence-electron chi connectivity index (χ4n) is 3.23. The second-order valence-electron chi connectivity index (χ2n) is 9.06. The van der Waals surface area contributed by atoms with E-state index in [1.807, 2.05) is 6.26 Å². The van der Waals surface area contributed by atoms with Crippen LogP contribution >= 0.6 is 11.8 Å². The van der Waals surface area contributed by atoms with E-state index < -0.39 is 52.4 Å². The quantitative estimate of drug-likeness (QED) is 0.262. The second-order valence-corrected chi connectivity index (χ2v) is 10.0. The molecule has 0 bridgehead atoms. The first kappa shape index (κ1) is 28.9. The number of rotatable bonds is 8. The van der Waals surface area contributed by atoms with E-state index in [1.54, 1.807) is 26.8 Å². The molecule has 38 heavy (non-hydrogen) atoms. The number of thioether (sulfide) groups is 1. The molecule has 0 spiro atoms. The van der Waals surface area contributed by atoms with Gasteiger partial charge in [-0.15, -0.1) is 0 Å². The van der Waals surface area contributed by atoms with Crippen LogP contribution in [-0.2, 0) is 15.7 Å². The Kier molecular flexibility index (Phi) is 8.97. The molecule has 2 aromatic carbocycles. The first-order chi connectivity index (χ1) is 17.8. The summed E-state index contributed by atoms with van der Waals surface area (Å²) in [5.41, 5.74) is -2.31. The Morgan fingerprint density at radius 2 is 1.74 bits per heavy atom. The standard InChI is InChI=1S/C26H26F3NO7S/c1-25(2,3)37-24(33)30-18(12-13-38-4)23(32)35-16-10-11-17-19(14-16)36-22(26(27,28)29)21(20(17)31)34-15-8-6-5-7-9-15/h5-11,14,18H,12-13H2,1-4H3,(H,30,33). The number of benzene rings is 2. The molecule has 3 aromatic rings. The molecule has 1 amide bonds. The van der Waals surface area contributed by atoms with Crippen molar-refractivity contribution in [3.05, 3.63) is 64.5 Å². The van der Waals surface area contributed by atoms with Gasteiger partial charge >= 0.3 is 18.2 Å². The Balaban J connectivity index is 1.92. The van der Waals surface area contributed by atoms with Crippen molar-refractivity contribution in [2.24, 2.45) is 0 Å². The monoisotopic (exact) mass is 553 g/mol. The Hall–Kier alpha value is -3.67. The van der Waals surface area contributed by atoms with E-state index in [9.17, 15) is 27.6 Å². The Bertz CT molecular complexity index is 1350. The van der Waals surface area contributed by atoms with Gasteiger partial charge in [-0.25, -0.2) is 9.59 Å². The van der Waals surface area contributed by atoms with Gasteiger partial charge in [-0.3, -0.25) is 4.79 Å². The average Bonchev–Trinajstić information content (AvgIpc) is 2.82. The zero-order chi connectivity index (χ0) is 28.1. The van der Waals surface area contributed by atoms with Crippen LogP contribution in [-0.4, -0.2) is 35.7 Å². The van der Waals surface area contributed by atoms with Gasteiger partial charge in [0.15, 0.2) is 0 Å². The lowest BCUT2D eigenvalue weighted by molar-refractivity contribution is -0.154. The van der Waals surface area contributed by atoms with Gasteiger partial charge in [0.2, 0.25) is 11.2 Å². The van der Waals surface area contributed by atoms with Crippen LogP contribution in [0.2, 0.25) is 0 Å². The molecular formula is C26H26F3NO7S. The molecule has 0 saturated heterocycles. The van der Waals surface area contributed by atoms with Crippen molar-refractivity contribution in [2.45, 2.75) is 45.0 Å². The highest BCUT2D eigenvalue weighted by Crippen LogP contribution is 2.38. The molecule has 1 aromatic heterocycles. The second kappa shape index (κ2) is 11.8. The van der Waals surface area contributed by atoms with Crippen molar-refractivity contribution >= 4 is 34.8 Å². The third-order valence-electron chi connectivity index (χ3n) is 4.85. The Labute approximate surface area is 220 Å². The van der Waals surface area contributed by atoms with Crippen molar-refractivity contribution in [3.8, 4) is 17.2 Å². The molecule has 1 unspecified atom stereocenters. The van der Waals surface area contributed by atoms with Crippen LogP contribution in [0.25, 0.3) is 11.0 Å². The zero-order valence-corrected chi connectivity index (χ0v) is 21.8. The fourth-order valence-corrected chi connectivity index (χ4v) is 3.70. The van der Waals surface area contributed by atoms with E-state index in [4.69, 9.17) is 18.6 Å². The number of fused-ring (bicyclic) bond motifs is 1. The summed E-state index contributed by atoms with van der Waals surface area (Å²) in [6, 6.07) is 9.80. The minimum absolute atomic E-state index is 0.0176. The molecule has 8 nitrogen and oxygen atoms in total. The van der Waals surface area contributed by atoms with E-state index >= 15 is 0 Å². The minimum Gasteiger partial charge on any atom is -0.449 e. The third-order valence-corrected chi connectivity index (χ3v) is 5.49. The number of hydrogen-bond donors (Lipinski definition) is 1. The lowest BCUT2D eigenvalue weighted by Gasteiger charge is -2.22. The summed E-state index contributed by atoms with van der Waals surface area (Å²) in [5.74, 6) is -3.18. The summed E-state index contributed by atoms with van der Waals surface area (Å²) in [6.45, 7) is 4.99. The van der Waals surface area contributed by atoms with Crippen LogP contribution in [0.3, 0.4) is 0 Å². The van der Waals surface area contributed by atoms with Crippen molar-refractivity contribution < 1.29 is 41.4 Å². The van der Waals surface area contributed by atoms with Crippen LogP contribution in [0.15, 0.2) is 57.7 Å². The number of ether oxygens (including phenoxy) is 3. The molecule has 1 heterocycles. The molecule has 0 aliphatic rings. The van der Waals surface area contributed by atoms with Crippen LogP contribution in [0.5, 0.6) is 17.2 Å². The van der Waals surface area contributed by atoms with Crippen molar-refractivity contribution in [1.82, 2.24) is 5.32 Å². The van der Waals surface area contributed by atoms with E-state index in [0.29, 0.717) is 5.75 Å². The predicted molar refractivity (Wildman–Crippen MR) is 136 cm³/mol. The highest BCUT2D eigenvalue weighted by molar-refractivity contribution is 7.98. The van der Waals surface area contributed by atoms with E-state index in [0.717, 1.165) is 6.07 Å². The van der Waals surface area contributed by atoms with Crippen molar-refractivity contribution in [2.75, 3.05) is 12.0 Å². The van der Waals surface area contributed by atoms with Gasteiger partial charge in [-0.2, -0.15) is 24.9 Å². The first-order valence-corrected chi connectivity index (χ1v) is 12.8. The van der Waals surface area contributed by atoms with Crippen LogP contribution in [0, 0.1) is 0 Å². The van der Waals surface area contributed by atoms with Crippen LogP contribution in [0.1, 0.15) is 33.0 Å². The number of amides is 1. The highest BCUT2D eigenvalue weighted by Gasteiger charge is 2.40. The summed E-state index contributed by atoms with van der Waals surface area (Å²) in [6.07, 6.45) is -3.86. The maximum absolute atomic E-state index is 13.8. The molecule has 1 atom stereocenters. The summed E-state index contributed by atoms with van der Waals surface area (Å²) in [7, 11) is 0. The molecular weight excluding hydrogens is 527 g/mol. The maximum Gasteiger partial charge on any atom is 0.453 e. The fraction of sp³-hybridized carbons (Fsp3) is 0.346. The van der Waals surface area contributed by atoms with E-state index in [-0.39, 0.29) is 23.3 Å². The molecule has 0 saturated carbocycles. The minimum atomic E-state index is -5.05. The molecule has 0 aliphatic carbocycles. The molecule has 0 aliphatic heterocycles. The number of para-hydroxylation sites is 1. The van der Waals surface area contributed by atoms with Crippen LogP contribution in [0.4, 0.5) is 18.0 Å².